The normalized spacial score (nSPS) is 25.0. The Labute approximate surface area is 115 Å². The second-order valence-electron chi connectivity index (χ2n) is 5.61. The molecule has 0 heterocycles. The highest BCUT2D eigenvalue weighted by Gasteiger charge is 2.28. The number of anilines is 1. The van der Waals surface area contributed by atoms with Gasteiger partial charge in [-0.1, -0.05) is 38.3 Å². The Balaban J connectivity index is 2.17. The van der Waals surface area contributed by atoms with Crippen LogP contribution >= 0.6 is 0 Å². The van der Waals surface area contributed by atoms with Crippen LogP contribution in [0, 0.1) is 11.8 Å². The second-order valence-corrected chi connectivity index (χ2v) is 5.61. The Kier molecular flexibility index (Phi) is 4.70. The van der Waals surface area contributed by atoms with Crippen molar-refractivity contribution in [3.05, 3.63) is 23.8 Å². The van der Waals surface area contributed by atoms with E-state index in [2.05, 4.69) is 6.92 Å². The average molecular weight is 263 g/mol. The molecular weight excluding hydrogens is 238 g/mol. The lowest BCUT2D eigenvalue weighted by Gasteiger charge is -2.32. The van der Waals surface area contributed by atoms with Crippen molar-refractivity contribution in [3.63, 3.8) is 0 Å². The van der Waals surface area contributed by atoms with Gasteiger partial charge in [-0.25, -0.2) is 0 Å². The van der Waals surface area contributed by atoms with Gasteiger partial charge in [0.15, 0.2) is 0 Å². The third kappa shape index (κ3) is 3.03. The largest absolute Gasteiger partial charge is 0.495 e. The smallest absolute Gasteiger partial charge is 0.142 e. The fraction of sp³-hybridized carbons (Fsp3) is 0.625. The van der Waals surface area contributed by atoms with Crippen molar-refractivity contribution in [2.24, 2.45) is 11.8 Å². The Bertz CT molecular complexity index is 419. The Hall–Kier alpha value is -1.22. The van der Waals surface area contributed by atoms with Gasteiger partial charge in [0.1, 0.15) is 5.75 Å². The van der Waals surface area contributed by atoms with E-state index in [0.717, 1.165) is 24.3 Å². The van der Waals surface area contributed by atoms with E-state index in [1.54, 1.807) is 7.11 Å². The van der Waals surface area contributed by atoms with Crippen molar-refractivity contribution >= 4 is 5.69 Å². The fourth-order valence-corrected chi connectivity index (χ4v) is 3.24. The van der Waals surface area contributed by atoms with Crippen LogP contribution < -0.4 is 10.5 Å². The van der Waals surface area contributed by atoms with Crippen LogP contribution in [0.15, 0.2) is 18.2 Å². The molecule has 1 aliphatic rings. The summed E-state index contributed by atoms with van der Waals surface area (Å²) < 4.78 is 5.23. The molecule has 3 N–H and O–H groups in total. The summed E-state index contributed by atoms with van der Waals surface area (Å²) in [5.41, 5.74) is 7.48. The molecule has 3 heteroatoms. The van der Waals surface area contributed by atoms with Gasteiger partial charge in [0, 0.05) is 5.56 Å². The number of para-hydroxylation sites is 1. The van der Waals surface area contributed by atoms with E-state index in [0.29, 0.717) is 17.4 Å². The molecule has 1 aromatic rings. The molecule has 19 heavy (non-hydrogen) atoms. The zero-order valence-electron chi connectivity index (χ0n) is 11.9. The van der Waals surface area contributed by atoms with Crippen LogP contribution in [-0.4, -0.2) is 12.2 Å². The summed E-state index contributed by atoms with van der Waals surface area (Å²) in [4.78, 5) is 0. The zero-order chi connectivity index (χ0) is 13.8. The summed E-state index contributed by atoms with van der Waals surface area (Å²) in [6.45, 7) is 2.24. The van der Waals surface area contributed by atoms with E-state index in [1.165, 1.54) is 19.3 Å². The lowest BCUT2D eigenvalue weighted by atomic mass is 9.76. The topological polar surface area (TPSA) is 55.5 Å². The van der Waals surface area contributed by atoms with Gasteiger partial charge in [-0.05, 0) is 30.7 Å². The third-order valence-electron chi connectivity index (χ3n) is 4.49. The highest BCUT2D eigenvalue weighted by Crippen LogP contribution is 2.41. The highest BCUT2D eigenvalue weighted by molar-refractivity contribution is 5.59. The van der Waals surface area contributed by atoms with E-state index in [1.807, 2.05) is 18.2 Å². The number of hydrogen-bond acceptors (Lipinski definition) is 3. The highest BCUT2D eigenvalue weighted by atomic mass is 16.5. The molecule has 3 nitrogen and oxygen atoms in total. The van der Waals surface area contributed by atoms with E-state index in [-0.39, 0.29) is 0 Å². The average Bonchev–Trinajstić information content (AvgIpc) is 2.47. The Morgan fingerprint density at radius 3 is 2.89 bits per heavy atom. The van der Waals surface area contributed by atoms with Gasteiger partial charge in [0.2, 0.25) is 0 Å². The summed E-state index contributed by atoms with van der Waals surface area (Å²) in [5.74, 6) is 1.73. The van der Waals surface area contributed by atoms with E-state index < -0.39 is 6.10 Å². The summed E-state index contributed by atoms with van der Waals surface area (Å²) in [7, 11) is 1.61. The molecule has 0 aromatic heterocycles. The molecule has 0 saturated heterocycles. The standard InChI is InChI=1S/C16H25NO2/c1-3-11-6-4-7-12(10-11)16(18)13-8-5-9-14(19-2)15(13)17/h5,8-9,11-12,16,18H,3-4,6-7,10,17H2,1-2H3. The predicted molar refractivity (Wildman–Crippen MR) is 78.1 cm³/mol. The van der Waals surface area contributed by atoms with E-state index in [4.69, 9.17) is 10.5 Å². The van der Waals surface area contributed by atoms with E-state index in [9.17, 15) is 5.11 Å². The maximum absolute atomic E-state index is 10.6. The summed E-state index contributed by atoms with van der Waals surface area (Å²) >= 11 is 0. The number of rotatable bonds is 4. The Morgan fingerprint density at radius 2 is 2.21 bits per heavy atom. The van der Waals surface area contributed by atoms with Gasteiger partial charge in [-0.2, -0.15) is 0 Å². The van der Waals surface area contributed by atoms with Crippen molar-refractivity contribution in [1.29, 1.82) is 0 Å². The SMILES string of the molecule is CCC1CCCC(C(O)c2cccc(OC)c2N)C1. The fourth-order valence-electron chi connectivity index (χ4n) is 3.24. The monoisotopic (exact) mass is 263 g/mol. The van der Waals surface area contributed by atoms with Crippen LogP contribution in [0.5, 0.6) is 5.75 Å². The molecule has 0 bridgehead atoms. The molecule has 1 aromatic carbocycles. The molecule has 3 unspecified atom stereocenters. The quantitative estimate of drug-likeness (QED) is 0.817. The molecule has 0 radical (unpaired) electrons. The van der Waals surface area contributed by atoms with Crippen LogP contribution in [0.4, 0.5) is 5.69 Å². The molecule has 1 aliphatic carbocycles. The molecule has 3 atom stereocenters. The lowest BCUT2D eigenvalue weighted by molar-refractivity contribution is 0.0682. The van der Waals surface area contributed by atoms with Crippen LogP contribution in [0.1, 0.15) is 50.7 Å². The maximum Gasteiger partial charge on any atom is 0.142 e. The number of nitrogens with two attached hydrogens (primary N) is 1. The van der Waals surface area contributed by atoms with Crippen molar-refractivity contribution in [3.8, 4) is 5.75 Å². The summed E-state index contributed by atoms with van der Waals surface area (Å²) in [6, 6.07) is 5.65. The predicted octanol–water partition coefficient (Wildman–Crippen LogP) is 3.53. The van der Waals surface area contributed by atoms with Gasteiger partial charge >= 0.3 is 0 Å². The van der Waals surface area contributed by atoms with E-state index >= 15 is 0 Å². The minimum Gasteiger partial charge on any atom is -0.495 e. The number of hydrogen-bond donors (Lipinski definition) is 2. The first kappa shape index (κ1) is 14.2. The zero-order valence-corrected chi connectivity index (χ0v) is 11.9. The first-order chi connectivity index (χ1) is 9.17. The number of ether oxygens (including phenoxy) is 1. The van der Waals surface area contributed by atoms with Crippen LogP contribution in [0.2, 0.25) is 0 Å². The molecule has 0 amide bonds. The van der Waals surface area contributed by atoms with Crippen molar-refractivity contribution in [2.75, 3.05) is 12.8 Å². The van der Waals surface area contributed by atoms with Gasteiger partial charge in [-0.15, -0.1) is 0 Å². The minimum atomic E-state index is -0.468. The number of aliphatic hydroxyl groups is 1. The van der Waals surface area contributed by atoms with Gasteiger partial charge in [-0.3, -0.25) is 0 Å². The second kappa shape index (κ2) is 6.29. The Morgan fingerprint density at radius 1 is 1.42 bits per heavy atom. The number of aliphatic hydroxyl groups excluding tert-OH is 1. The molecule has 1 fully saturated rings. The molecule has 0 aliphatic heterocycles. The molecule has 106 valence electrons. The maximum atomic E-state index is 10.6. The molecule has 2 rings (SSSR count). The minimum absolute atomic E-state index is 0.327. The third-order valence-corrected chi connectivity index (χ3v) is 4.49. The first-order valence-electron chi connectivity index (χ1n) is 7.27. The number of methoxy groups -OCH3 is 1. The van der Waals surface area contributed by atoms with Crippen LogP contribution in [-0.2, 0) is 0 Å². The molecule has 1 saturated carbocycles. The van der Waals surface area contributed by atoms with Gasteiger partial charge < -0.3 is 15.6 Å². The number of nitrogen functional groups attached to an aromatic ring is 1. The molecule has 0 spiro atoms. The van der Waals surface area contributed by atoms with Crippen molar-refractivity contribution in [2.45, 2.75) is 45.1 Å². The van der Waals surface area contributed by atoms with Gasteiger partial charge in [0.25, 0.3) is 0 Å². The number of benzene rings is 1. The van der Waals surface area contributed by atoms with Crippen LogP contribution in [0.25, 0.3) is 0 Å². The first-order valence-corrected chi connectivity index (χ1v) is 7.27. The lowest BCUT2D eigenvalue weighted by Crippen LogP contribution is -2.22. The van der Waals surface area contributed by atoms with Crippen molar-refractivity contribution < 1.29 is 9.84 Å². The van der Waals surface area contributed by atoms with Crippen molar-refractivity contribution in [1.82, 2.24) is 0 Å². The summed E-state index contributed by atoms with van der Waals surface area (Å²) in [6.07, 6.45) is 5.45. The summed E-state index contributed by atoms with van der Waals surface area (Å²) in [5, 5.41) is 10.6. The van der Waals surface area contributed by atoms with Crippen LogP contribution in [0.3, 0.4) is 0 Å². The van der Waals surface area contributed by atoms with Gasteiger partial charge in [0.05, 0.1) is 18.9 Å². The molecular formula is C16H25NO2.